The molecular formula is C24H27N3O4S. The number of carbonyl (C=O) groups excluding carboxylic acids is 1. The summed E-state index contributed by atoms with van der Waals surface area (Å²) in [6, 6.07) is 13.7. The standard InChI is InChI=1S/C24H27N3O4S/c1-16-8-4-5-9-22(16)27-17(2)14-20(18(27)3)24(29)25-21-15-19(10-11-23(21)28)32(30,31)26-12-6-7-13-26/h4-5,8-11,14-15,28H,6-7,12-13H2,1-3H3,(H,25,29). The SMILES string of the molecule is Cc1ccccc1-n1c(C)cc(C(=O)Nc2cc(S(=O)(=O)N3CCCC3)ccc2O)c1C. The van der Waals surface area contributed by atoms with Gasteiger partial charge in [0.1, 0.15) is 5.75 Å². The van der Waals surface area contributed by atoms with Crippen molar-refractivity contribution in [2.75, 3.05) is 18.4 Å². The third kappa shape index (κ3) is 3.91. The van der Waals surface area contributed by atoms with Crippen LogP contribution in [0.1, 0.15) is 40.2 Å². The van der Waals surface area contributed by atoms with E-state index >= 15 is 0 Å². The Bertz CT molecular complexity index is 1290. The second-order valence-electron chi connectivity index (χ2n) is 8.15. The van der Waals surface area contributed by atoms with Gasteiger partial charge in [0.25, 0.3) is 5.91 Å². The normalized spacial score (nSPS) is 14.6. The van der Waals surface area contributed by atoms with E-state index in [0.717, 1.165) is 35.5 Å². The number of phenolic OH excluding ortho intramolecular Hbond substituents is 1. The molecule has 7 nitrogen and oxygen atoms in total. The minimum absolute atomic E-state index is 0.0536. The molecule has 1 fully saturated rings. The lowest BCUT2D eigenvalue weighted by molar-refractivity contribution is 0.102. The number of nitrogens with zero attached hydrogens (tertiary/aromatic N) is 2. The van der Waals surface area contributed by atoms with Gasteiger partial charge in [-0.3, -0.25) is 4.79 Å². The van der Waals surface area contributed by atoms with E-state index in [1.54, 1.807) is 6.07 Å². The maximum atomic E-state index is 13.1. The van der Waals surface area contributed by atoms with Crippen molar-refractivity contribution in [3.05, 3.63) is 71.0 Å². The minimum atomic E-state index is -3.66. The van der Waals surface area contributed by atoms with Gasteiger partial charge in [0.15, 0.2) is 0 Å². The number of aromatic hydroxyl groups is 1. The number of para-hydroxylation sites is 1. The predicted molar refractivity (Wildman–Crippen MR) is 124 cm³/mol. The maximum Gasteiger partial charge on any atom is 0.257 e. The number of hydrogen-bond acceptors (Lipinski definition) is 4. The molecule has 1 saturated heterocycles. The molecule has 8 heteroatoms. The molecule has 4 rings (SSSR count). The minimum Gasteiger partial charge on any atom is -0.506 e. The van der Waals surface area contributed by atoms with Crippen LogP contribution >= 0.6 is 0 Å². The van der Waals surface area contributed by atoms with Gasteiger partial charge >= 0.3 is 0 Å². The van der Waals surface area contributed by atoms with Gasteiger partial charge in [-0.1, -0.05) is 18.2 Å². The fourth-order valence-electron chi connectivity index (χ4n) is 4.22. The average Bonchev–Trinajstić information content (AvgIpc) is 3.39. The Morgan fingerprint density at radius 2 is 1.69 bits per heavy atom. The number of carbonyl (C=O) groups is 1. The Balaban J connectivity index is 1.65. The molecule has 1 aliphatic heterocycles. The van der Waals surface area contributed by atoms with Crippen LogP contribution in [0.4, 0.5) is 5.69 Å². The fourth-order valence-corrected chi connectivity index (χ4v) is 5.76. The second-order valence-corrected chi connectivity index (χ2v) is 10.1. The first kappa shape index (κ1) is 22.1. The molecule has 0 spiro atoms. The molecule has 0 saturated carbocycles. The van der Waals surface area contributed by atoms with Gasteiger partial charge in [0.05, 0.1) is 16.1 Å². The Kier molecular flexibility index (Phi) is 5.83. The Labute approximate surface area is 188 Å². The van der Waals surface area contributed by atoms with Crippen molar-refractivity contribution in [2.45, 2.75) is 38.5 Å². The van der Waals surface area contributed by atoms with Crippen molar-refractivity contribution in [1.29, 1.82) is 0 Å². The zero-order valence-corrected chi connectivity index (χ0v) is 19.2. The number of hydrogen-bond donors (Lipinski definition) is 2. The number of nitrogens with one attached hydrogen (secondary N) is 1. The highest BCUT2D eigenvalue weighted by Crippen LogP contribution is 2.30. The molecule has 32 heavy (non-hydrogen) atoms. The van der Waals surface area contributed by atoms with E-state index in [-0.39, 0.29) is 16.3 Å². The zero-order chi connectivity index (χ0) is 23.0. The lowest BCUT2D eigenvalue weighted by Gasteiger charge is -2.17. The van der Waals surface area contributed by atoms with Gasteiger partial charge in [-0.05, 0) is 69.5 Å². The van der Waals surface area contributed by atoms with Gasteiger partial charge in [-0.25, -0.2) is 8.42 Å². The smallest absolute Gasteiger partial charge is 0.257 e. The number of sulfonamides is 1. The van der Waals surface area contributed by atoms with E-state index in [9.17, 15) is 18.3 Å². The highest BCUT2D eigenvalue weighted by molar-refractivity contribution is 7.89. The van der Waals surface area contributed by atoms with Gasteiger partial charge in [-0.15, -0.1) is 0 Å². The first-order valence-corrected chi connectivity index (χ1v) is 12.0. The molecule has 1 aromatic heterocycles. The van der Waals surface area contributed by atoms with E-state index in [4.69, 9.17) is 0 Å². The summed E-state index contributed by atoms with van der Waals surface area (Å²) in [7, 11) is -3.66. The van der Waals surface area contributed by atoms with Crippen LogP contribution in [0.25, 0.3) is 5.69 Å². The molecular weight excluding hydrogens is 426 g/mol. The summed E-state index contributed by atoms with van der Waals surface area (Å²) in [5.74, 6) is -0.601. The van der Waals surface area contributed by atoms with Crippen LogP contribution in [0.5, 0.6) is 5.75 Å². The van der Waals surface area contributed by atoms with Crippen LogP contribution in [0, 0.1) is 20.8 Å². The predicted octanol–water partition coefficient (Wildman–Crippen LogP) is 4.14. The van der Waals surface area contributed by atoms with Crippen LogP contribution in [0.2, 0.25) is 0 Å². The number of benzene rings is 2. The number of rotatable bonds is 5. The highest BCUT2D eigenvalue weighted by Gasteiger charge is 2.28. The van der Waals surface area contributed by atoms with Crippen LogP contribution in [0.3, 0.4) is 0 Å². The summed E-state index contributed by atoms with van der Waals surface area (Å²) in [6.07, 6.45) is 1.66. The molecule has 2 aromatic carbocycles. The van der Waals surface area contributed by atoms with Gasteiger partial charge in [-0.2, -0.15) is 4.31 Å². The average molecular weight is 454 g/mol. The zero-order valence-electron chi connectivity index (χ0n) is 18.4. The van der Waals surface area contributed by atoms with E-state index in [0.29, 0.717) is 18.7 Å². The van der Waals surface area contributed by atoms with Crippen LogP contribution in [0.15, 0.2) is 53.4 Å². The van der Waals surface area contributed by atoms with E-state index < -0.39 is 15.9 Å². The summed E-state index contributed by atoms with van der Waals surface area (Å²) < 4.78 is 29.2. The largest absolute Gasteiger partial charge is 0.506 e. The highest BCUT2D eigenvalue weighted by atomic mass is 32.2. The molecule has 2 N–H and O–H groups in total. The summed E-state index contributed by atoms with van der Waals surface area (Å²) in [5, 5.41) is 13.0. The van der Waals surface area contributed by atoms with Crippen LogP contribution < -0.4 is 5.32 Å². The number of amides is 1. The molecule has 0 aliphatic carbocycles. The Hall–Kier alpha value is -3.10. The molecule has 0 atom stereocenters. The van der Waals surface area contributed by atoms with Crippen LogP contribution in [-0.2, 0) is 10.0 Å². The number of phenols is 1. The van der Waals surface area contributed by atoms with Crippen molar-refractivity contribution in [2.24, 2.45) is 0 Å². The number of anilines is 1. The molecule has 0 bridgehead atoms. The molecule has 0 radical (unpaired) electrons. The molecule has 0 unspecified atom stereocenters. The fraction of sp³-hybridized carbons (Fsp3) is 0.292. The van der Waals surface area contributed by atoms with E-state index in [2.05, 4.69) is 5.32 Å². The number of aryl methyl sites for hydroxylation is 2. The molecule has 168 valence electrons. The lowest BCUT2D eigenvalue weighted by Crippen LogP contribution is -2.28. The van der Waals surface area contributed by atoms with Gasteiger partial charge in [0, 0.05) is 30.2 Å². The molecule has 1 aliphatic rings. The molecule has 2 heterocycles. The first-order chi connectivity index (χ1) is 15.2. The van der Waals surface area contributed by atoms with Crippen molar-refractivity contribution < 1.29 is 18.3 Å². The van der Waals surface area contributed by atoms with Gasteiger partial charge in [0.2, 0.25) is 10.0 Å². The second kappa shape index (κ2) is 8.44. The summed E-state index contributed by atoms with van der Waals surface area (Å²) in [6.45, 7) is 6.77. The third-order valence-electron chi connectivity index (χ3n) is 5.95. The van der Waals surface area contributed by atoms with Crippen LogP contribution in [-0.4, -0.2) is 41.4 Å². The maximum absolute atomic E-state index is 13.1. The quantitative estimate of drug-likeness (QED) is 0.568. The first-order valence-electron chi connectivity index (χ1n) is 10.6. The molecule has 1 amide bonds. The Morgan fingerprint density at radius 1 is 1.00 bits per heavy atom. The topological polar surface area (TPSA) is 91.6 Å². The van der Waals surface area contributed by atoms with E-state index in [1.165, 1.54) is 22.5 Å². The summed E-state index contributed by atoms with van der Waals surface area (Å²) in [5.41, 5.74) is 4.25. The monoisotopic (exact) mass is 453 g/mol. The van der Waals surface area contributed by atoms with Gasteiger partial charge < -0.3 is 15.0 Å². The third-order valence-corrected chi connectivity index (χ3v) is 7.85. The number of aromatic nitrogens is 1. The molecule has 3 aromatic rings. The van der Waals surface area contributed by atoms with Crippen molar-refractivity contribution >= 4 is 21.6 Å². The van der Waals surface area contributed by atoms with Crippen molar-refractivity contribution in [3.8, 4) is 11.4 Å². The van der Waals surface area contributed by atoms with E-state index in [1.807, 2.05) is 49.6 Å². The van der Waals surface area contributed by atoms with Crippen molar-refractivity contribution in [1.82, 2.24) is 8.87 Å². The van der Waals surface area contributed by atoms with Crippen molar-refractivity contribution in [3.63, 3.8) is 0 Å². The summed E-state index contributed by atoms with van der Waals surface area (Å²) in [4.78, 5) is 13.1. The Morgan fingerprint density at radius 3 is 2.38 bits per heavy atom. The summed E-state index contributed by atoms with van der Waals surface area (Å²) >= 11 is 0. The lowest BCUT2D eigenvalue weighted by atomic mass is 10.2.